The molecular formula is C22H22N2O5. The van der Waals surface area contributed by atoms with Crippen LogP contribution in [0.15, 0.2) is 42.5 Å². The first-order chi connectivity index (χ1) is 14.1. The smallest absolute Gasteiger partial charge is 0.303 e. The van der Waals surface area contributed by atoms with Crippen LogP contribution in [0.1, 0.15) is 50.7 Å². The number of amides is 2. The molecule has 2 aliphatic rings. The number of ether oxygens (including phenoxy) is 1. The molecule has 0 aromatic heterocycles. The molecule has 2 amide bonds. The van der Waals surface area contributed by atoms with Gasteiger partial charge in [0.15, 0.2) is 0 Å². The molecule has 7 nitrogen and oxygen atoms in total. The molecule has 2 heterocycles. The van der Waals surface area contributed by atoms with E-state index in [1.54, 1.807) is 24.3 Å². The third kappa shape index (κ3) is 3.73. The Labute approximate surface area is 168 Å². The van der Waals surface area contributed by atoms with Gasteiger partial charge in [-0.2, -0.15) is 0 Å². The van der Waals surface area contributed by atoms with Gasteiger partial charge in [-0.25, -0.2) is 0 Å². The Hall–Kier alpha value is -3.19. The van der Waals surface area contributed by atoms with Crippen molar-refractivity contribution in [2.45, 2.75) is 25.3 Å². The molecule has 1 atom stereocenters. The maximum Gasteiger partial charge on any atom is 0.303 e. The van der Waals surface area contributed by atoms with E-state index < -0.39 is 5.97 Å². The summed E-state index contributed by atoms with van der Waals surface area (Å²) in [7, 11) is 0. The van der Waals surface area contributed by atoms with Crippen molar-refractivity contribution in [2.24, 2.45) is 0 Å². The van der Waals surface area contributed by atoms with E-state index in [9.17, 15) is 14.4 Å². The number of carboxylic acid groups (broad SMARTS) is 1. The Morgan fingerprint density at radius 1 is 1.10 bits per heavy atom. The summed E-state index contributed by atoms with van der Waals surface area (Å²) >= 11 is 0. The lowest BCUT2D eigenvalue weighted by atomic mass is 9.93. The van der Waals surface area contributed by atoms with Gasteiger partial charge in [0.2, 0.25) is 0 Å². The molecule has 0 radical (unpaired) electrons. The number of aliphatic carboxylic acids is 1. The normalized spacial score (nSPS) is 17.8. The number of hydrogen-bond acceptors (Lipinski definition) is 5. The topological polar surface area (TPSA) is 95.9 Å². The van der Waals surface area contributed by atoms with Crippen LogP contribution in [0.2, 0.25) is 0 Å². The number of fused-ring (bicyclic) bond motifs is 2. The summed E-state index contributed by atoms with van der Waals surface area (Å²) in [6.07, 6.45) is 1.28. The largest absolute Gasteiger partial charge is 0.493 e. The number of imide groups is 1. The van der Waals surface area contributed by atoms with E-state index in [4.69, 9.17) is 9.84 Å². The quantitative estimate of drug-likeness (QED) is 0.553. The summed E-state index contributed by atoms with van der Waals surface area (Å²) in [6, 6.07) is 12.4. The molecule has 0 spiro atoms. The molecule has 4 rings (SSSR count). The average molecular weight is 394 g/mol. The minimum Gasteiger partial charge on any atom is -0.493 e. The van der Waals surface area contributed by atoms with Crippen molar-refractivity contribution >= 4 is 17.8 Å². The number of nitrogens with one attached hydrogen (secondary N) is 1. The van der Waals surface area contributed by atoms with Gasteiger partial charge >= 0.3 is 5.97 Å². The van der Waals surface area contributed by atoms with Gasteiger partial charge in [0.1, 0.15) is 5.75 Å². The fourth-order valence-electron chi connectivity index (χ4n) is 3.96. The molecular weight excluding hydrogens is 372 g/mol. The first-order valence-electron chi connectivity index (χ1n) is 9.71. The van der Waals surface area contributed by atoms with Crippen LogP contribution in [-0.4, -0.2) is 47.5 Å². The van der Waals surface area contributed by atoms with Gasteiger partial charge in [-0.05, 0) is 43.1 Å². The second-order valence-corrected chi connectivity index (χ2v) is 7.20. The standard InChI is InChI=1S/C22H22N2O5/c25-19(26)9-4-12-29-18-8-3-5-14-10-11-23-17(20(14)18)13-24-21(27)15-6-1-2-7-16(15)22(24)28/h1-3,5-8,17,23H,4,9-13H2,(H,25,26)/t17-/m1/s1. The predicted molar refractivity (Wildman–Crippen MR) is 105 cm³/mol. The molecule has 0 unspecified atom stereocenters. The van der Waals surface area contributed by atoms with Crippen LogP contribution < -0.4 is 10.1 Å². The van der Waals surface area contributed by atoms with Crippen molar-refractivity contribution in [3.05, 3.63) is 64.7 Å². The highest BCUT2D eigenvalue weighted by Crippen LogP contribution is 2.34. The van der Waals surface area contributed by atoms with E-state index in [0.29, 0.717) is 29.9 Å². The Morgan fingerprint density at radius 3 is 2.52 bits per heavy atom. The van der Waals surface area contributed by atoms with Crippen molar-refractivity contribution < 1.29 is 24.2 Å². The molecule has 0 saturated heterocycles. The summed E-state index contributed by atoms with van der Waals surface area (Å²) in [5.74, 6) is -0.741. The Bertz CT molecular complexity index is 936. The van der Waals surface area contributed by atoms with Gasteiger partial charge in [-0.3, -0.25) is 19.3 Å². The summed E-state index contributed by atoms with van der Waals surface area (Å²) < 4.78 is 5.87. The molecule has 2 aliphatic heterocycles. The Balaban J connectivity index is 1.55. The van der Waals surface area contributed by atoms with Crippen molar-refractivity contribution in [3.63, 3.8) is 0 Å². The van der Waals surface area contributed by atoms with Gasteiger partial charge < -0.3 is 15.2 Å². The SMILES string of the molecule is O=C(O)CCCOc1cccc2c1[C@@H](CN1C(=O)c3ccccc3C1=O)NCC2. The number of carbonyl (C=O) groups is 3. The fourth-order valence-corrected chi connectivity index (χ4v) is 3.96. The van der Waals surface area contributed by atoms with Crippen LogP contribution >= 0.6 is 0 Å². The molecule has 2 aromatic carbocycles. The zero-order valence-corrected chi connectivity index (χ0v) is 15.9. The number of hydrogen-bond donors (Lipinski definition) is 2. The van der Waals surface area contributed by atoms with Gasteiger partial charge in [0.25, 0.3) is 11.8 Å². The molecule has 0 saturated carbocycles. The minimum atomic E-state index is -0.853. The monoisotopic (exact) mass is 394 g/mol. The van der Waals surface area contributed by atoms with Crippen molar-refractivity contribution in [2.75, 3.05) is 19.7 Å². The third-order valence-corrected chi connectivity index (χ3v) is 5.33. The lowest BCUT2D eigenvalue weighted by Crippen LogP contribution is -2.41. The van der Waals surface area contributed by atoms with Gasteiger partial charge in [-0.1, -0.05) is 24.3 Å². The second-order valence-electron chi connectivity index (χ2n) is 7.20. The Morgan fingerprint density at radius 2 is 1.83 bits per heavy atom. The van der Waals surface area contributed by atoms with E-state index in [0.717, 1.165) is 24.1 Å². The van der Waals surface area contributed by atoms with Crippen LogP contribution in [0.3, 0.4) is 0 Å². The van der Waals surface area contributed by atoms with Crippen LogP contribution in [0.5, 0.6) is 5.75 Å². The fraction of sp³-hybridized carbons (Fsp3) is 0.318. The van der Waals surface area contributed by atoms with E-state index in [1.165, 1.54) is 4.90 Å². The van der Waals surface area contributed by atoms with E-state index >= 15 is 0 Å². The highest BCUT2D eigenvalue weighted by Gasteiger charge is 2.38. The van der Waals surface area contributed by atoms with Gasteiger partial charge in [-0.15, -0.1) is 0 Å². The first kappa shape index (κ1) is 19.1. The summed E-state index contributed by atoms with van der Waals surface area (Å²) in [4.78, 5) is 37.5. The molecule has 2 aromatic rings. The molecule has 150 valence electrons. The average Bonchev–Trinajstić information content (AvgIpc) is 2.96. The summed E-state index contributed by atoms with van der Waals surface area (Å²) in [5.41, 5.74) is 2.92. The van der Waals surface area contributed by atoms with E-state index in [2.05, 4.69) is 5.32 Å². The zero-order valence-electron chi connectivity index (χ0n) is 15.9. The van der Waals surface area contributed by atoms with Crippen LogP contribution in [0.4, 0.5) is 0 Å². The first-order valence-corrected chi connectivity index (χ1v) is 9.71. The van der Waals surface area contributed by atoms with E-state index in [1.807, 2.05) is 18.2 Å². The second kappa shape index (κ2) is 8.05. The van der Waals surface area contributed by atoms with Crippen LogP contribution in [0, 0.1) is 0 Å². The molecule has 7 heteroatoms. The maximum atomic E-state index is 12.7. The zero-order chi connectivity index (χ0) is 20.4. The predicted octanol–water partition coefficient (Wildman–Crippen LogP) is 2.41. The number of carbonyl (C=O) groups excluding carboxylic acids is 2. The maximum absolute atomic E-state index is 12.7. The minimum absolute atomic E-state index is 0.0474. The van der Waals surface area contributed by atoms with Gasteiger partial charge in [0, 0.05) is 18.5 Å². The van der Waals surface area contributed by atoms with E-state index in [-0.39, 0.29) is 30.8 Å². The van der Waals surface area contributed by atoms with Crippen molar-refractivity contribution in [1.29, 1.82) is 0 Å². The lowest BCUT2D eigenvalue weighted by Gasteiger charge is -2.31. The molecule has 0 bridgehead atoms. The summed E-state index contributed by atoms with van der Waals surface area (Å²) in [6.45, 7) is 1.25. The molecule has 0 fully saturated rings. The highest BCUT2D eigenvalue weighted by atomic mass is 16.5. The number of benzene rings is 2. The number of nitrogens with zero attached hydrogens (tertiary/aromatic N) is 1. The summed E-state index contributed by atoms with van der Waals surface area (Å²) in [5, 5.41) is 12.2. The lowest BCUT2D eigenvalue weighted by molar-refractivity contribution is -0.137. The van der Waals surface area contributed by atoms with Crippen molar-refractivity contribution in [1.82, 2.24) is 10.2 Å². The van der Waals surface area contributed by atoms with Crippen LogP contribution in [-0.2, 0) is 11.2 Å². The third-order valence-electron chi connectivity index (χ3n) is 5.33. The number of rotatable bonds is 7. The molecule has 0 aliphatic carbocycles. The molecule has 2 N–H and O–H groups in total. The van der Waals surface area contributed by atoms with Crippen LogP contribution in [0.25, 0.3) is 0 Å². The highest BCUT2D eigenvalue weighted by molar-refractivity contribution is 6.21. The molecule has 29 heavy (non-hydrogen) atoms. The van der Waals surface area contributed by atoms with Crippen molar-refractivity contribution in [3.8, 4) is 5.75 Å². The number of carboxylic acids is 1. The van der Waals surface area contributed by atoms with Gasteiger partial charge in [0.05, 0.1) is 23.8 Å². The Kier molecular flexibility index (Phi) is 5.31.